The van der Waals surface area contributed by atoms with Gasteiger partial charge in [-0.15, -0.1) is 0 Å². The van der Waals surface area contributed by atoms with E-state index < -0.39 is 18.2 Å². The van der Waals surface area contributed by atoms with E-state index in [-0.39, 0.29) is 24.9 Å². The van der Waals surface area contributed by atoms with Crippen LogP contribution in [0, 0.1) is 0 Å². The van der Waals surface area contributed by atoms with Gasteiger partial charge in [0.1, 0.15) is 6.10 Å². The first-order valence-electron chi connectivity index (χ1n) is 26.4. The number of unbranched alkanes of at least 4 members (excludes halogenated alkanes) is 27. The second kappa shape index (κ2) is 48.8. The minimum absolute atomic E-state index is 0.0490. The lowest BCUT2D eigenvalue weighted by Gasteiger charge is -2.24. The van der Waals surface area contributed by atoms with E-state index in [1.807, 2.05) is 0 Å². The van der Waals surface area contributed by atoms with Crippen molar-refractivity contribution in [2.45, 2.75) is 283 Å². The SMILES string of the molecule is CC/C=C/C/C=C/C/C=C/CCCCC(CC(=O)NC(CO)C(O)CCCCCCCCCCCCCCCC)OC(=O)CCCCCCC/C=C/CCCCCCCCC. The van der Waals surface area contributed by atoms with E-state index in [2.05, 4.69) is 74.7 Å². The predicted octanol–water partition coefficient (Wildman–Crippen LogP) is 15.8. The summed E-state index contributed by atoms with van der Waals surface area (Å²) in [5.74, 6) is -0.517. The third-order valence-corrected chi connectivity index (χ3v) is 11.9. The number of allylic oxidation sites excluding steroid dienone is 8. The number of amides is 1. The van der Waals surface area contributed by atoms with Gasteiger partial charge in [0.25, 0.3) is 0 Å². The molecule has 0 rings (SSSR count). The van der Waals surface area contributed by atoms with Gasteiger partial charge < -0.3 is 20.3 Å². The lowest BCUT2D eigenvalue weighted by molar-refractivity contribution is -0.151. The predicted molar refractivity (Wildman–Crippen MR) is 264 cm³/mol. The van der Waals surface area contributed by atoms with Crippen LogP contribution < -0.4 is 5.32 Å². The van der Waals surface area contributed by atoms with Crippen molar-refractivity contribution >= 4 is 11.9 Å². The van der Waals surface area contributed by atoms with Crippen LogP contribution in [0.15, 0.2) is 48.6 Å². The highest BCUT2D eigenvalue weighted by Crippen LogP contribution is 2.17. The monoisotopic (exact) mass is 856 g/mol. The van der Waals surface area contributed by atoms with E-state index in [0.717, 1.165) is 83.5 Å². The van der Waals surface area contributed by atoms with Crippen molar-refractivity contribution in [2.24, 2.45) is 0 Å². The molecule has 0 radical (unpaired) electrons. The summed E-state index contributed by atoms with van der Waals surface area (Å²) in [6.45, 7) is 6.36. The van der Waals surface area contributed by atoms with Gasteiger partial charge in [0.2, 0.25) is 5.91 Å². The van der Waals surface area contributed by atoms with Crippen LogP contribution in [0.5, 0.6) is 0 Å². The Balaban J connectivity index is 4.58. The second-order valence-electron chi connectivity index (χ2n) is 17.9. The van der Waals surface area contributed by atoms with E-state index in [9.17, 15) is 19.8 Å². The van der Waals surface area contributed by atoms with Gasteiger partial charge in [0, 0.05) is 6.42 Å². The fourth-order valence-corrected chi connectivity index (χ4v) is 7.91. The van der Waals surface area contributed by atoms with Crippen molar-refractivity contribution < 1.29 is 24.5 Å². The maximum atomic E-state index is 13.2. The highest BCUT2D eigenvalue weighted by atomic mass is 16.5. The Kier molecular flexibility index (Phi) is 47.1. The van der Waals surface area contributed by atoms with Gasteiger partial charge in [-0.05, 0) is 83.5 Å². The van der Waals surface area contributed by atoms with Crippen LogP contribution in [0.1, 0.15) is 265 Å². The molecule has 3 N–H and O–H groups in total. The van der Waals surface area contributed by atoms with Crippen molar-refractivity contribution in [1.29, 1.82) is 0 Å². The lowest BCUT2D eigenvalue weighted by atomic mass is 10.0. The topological polar surface area (TPSA) is 95.9 Å². The molecule has 6 nitrogen and oxygen atoms in total. The molecule has 0 saturated carbocycles. The summed E-state index contributed by atoms with van der Waals surface area (Å²) in [6.07, 6.45) is 58.9. The Hall–Kier alpha value is -2.18. The largest absolute Gasteiger partial charge is 0.462 e. The first-order chi connectivity index (χ1) is 30.0. The third kappa shape index (κ3) is 44.2. The molecule has 0 saturated heterocycles. The zero-order chi connectivity index (χ0) is 44.5. The fourth-order valence-electron chi connectivity index (χ4n) is 7.91. The van der Waals surface area contributed by atoms with Crippen LogP contribution in [-0.2, 0) is 14.3 Å². The normalized spacial score (nSPS) is 13.6. The molecule has 0 aromatic carbocycles. The van der Waals surface area contributed by atoms with Gasteiger partial charge in [-0.1, -0.05) is 217 Å². The number of nitrogens with one attached hydrogen (secondary N) is 1. The van der Waals surface area contributed by atoms with Gasteiger partial charge in [0.15, 0.2) is 0 Å². The number of aliphatic hydroxyl groups is 2. The van der Waals surface area contributed by atoms with Crippen molar-refractivity contribution in [3.63, 3.8) is 0 Å². The van der Waals surface area contributed by atoms with Crippen LogP contribution in [0.2, 0.25) is 0 Å². The van der Waals surface area contributed by atoms with Gasteiger partial charge in [-0.25, -0.2) is 0 Å². The van der Waals surface area contributed by atoms with Gasteiger partial charge in [-0.3, -0.25) is 9.59 Å². The molecule has 3 atom stereocenters. The Labute approximate surface area is 378 Å². The zero-order valence-corrected chi connectivity index (χ0v) is 40.5. The summed E-state index contributed by atoms with van der Waals surface area (Å²) < 4.78 is 5.91. The van der Waals surface area contributed by atoms with Crippen molar-refractivity contribution in [3.8, 4) is 0 Å². The fraction of sp³-hybridized carbons (Fsp3) is 0.818. The molecule has 0 fully saturated rings. The van der Waals surface area contributed by atoms with Crippen LogP contribution in [0.4, 0.5) is 0 Å². The summed E-state index contributed by atoms with van der Waals surface area (Å²) in [5.41, 5.74) is 0. The Morgan fingerprint density at radius 1 is 0.492 bits per heavy atom. The molecular weight excluding hydrogens is 755 g/mol. The van der Waals surface area contributed by atoms with Crippen molar-refractivity contribution in [1.82, 2.24) is 5.32 Å². The van der Waals surface area contributed by atoms with Gasteiger partial charge in [-0.2, -0.15) is 0 Å². The Morgan fingerprint density at radius 2 is 0.885 bits per heavy atom. The average Bonchev–Trinajstić information content (AvgIpc) is 3.25. The van der Waals surface area contributed by atoms with Crippen molar-refractivity contribution in [2.75, 3.05) is 6.61 Å². The van der Waals surface area contributed by atoms with Gasteiger partial charge >= 0.3 is 5.97 Å². The van der Waals surface area contributed by atoms with E-state index in [0.29, 0.717) is 19.3 Å². The quantitative estimate of drug-likeness (QED) is 0.0322. The Morgan fingerprint density at radius 3 is 1.38 bits per heavy atom. The highest BCUT2D eigenvalue weighted by molar-refractivity contribution is 5.77. The minimum atomic E-state index is -0.798. The number of aliphatic hydroxyl groups excluding tert-OH is 2. The molecule has 0 aliphatic heterocycles. The Bertz CT molecular complexity index is 1050. The number of esters is 1. The molecule has 0 bridgehead atoms. The first-order valence-corrected chi connectivity index (χ1v) is 26.4. The average molecular weight is 856 g/mol. The van der Waals surface area contributed by atoms with E-state index in [1.165, 1.54) is 135 Å². The highest BCUT2D eigenvalue weighted by Gasteiger charge is 2.24. The lowest BCUT2D eigenvalue weighted by Crippen LogP contribution is -2.46. The molecule has 1 amide bonds. The molecule has 0 aliphatic rings. The second-order valence-corrected chi connectivity index (χ2v) is 17.9. The molecule has 0 aromatic heterocycles. The van der Waals surface area contributed by atoms with Crippen LogP contribution >= 0.6 is 0 Å². The molecule has 6 heteroatoms. The summed E-state index contributed by atoms with van der Waals surface area (Å²) in [4.78, 5) is 26.1. The summed E-state index contributed by atoms with van der Waals surface area (Å²) in [6, 6.07) is -0.715. The van der Waals surface area contributed by atoms with Crippen LogP contribution in [0.3, 0.4) is 0 Å². The zero-order valence-electron chi connectivity index (χ0n) is 40.5. The maximum absolute atomic E-state index is 13.2. The molecule has 0 aromatic rings. The number of hydrogen-bond donors (Lipinski definition) is 3. The molecule has 3 unspecified atom stereocenters. The number of rotatable bonds is 47. The van der Waals surface area contributed by atoms with Crippen LogP contribution in [-0.4, -0.2) is 46.9 Å². The molecule has 356 valence electrons. The van der Waals surface area contributed by atoms with E-state index >= 15 is 0 Å². The summed E-state index contributed by atoms with van der Waals surface area (Å²) in [5, 5.41) is 23.8. The van der Waals surface area contributed by atoms with Gasteiger partial charge in [0.05, 0.1) is 25.2 Å². The maximum Gasteiger partial charge on any atom is 0.306 e. The van der Waals surface area contributed by atoms with Crippen molar-refractivity contribution in [3.05, 3.63) is 48.6 Å². The van der Waals surface area contributed by atoms with E-state index in [1.54, 1.807) is 0 Å². The number of carbonyl (C=O) groups is 2. The minimum Gasteiger partial charge on any atom is -0.462 e. The summed E-state index contributed by atoms with van der Waals surface area (Å²) in [7, 11) is 0. The number of carbonyl (C=O) groups excluding carboxylic acids is 2. The summed E-state index contributed by atoms with van der Waals surface area (Å²) >= 11 is 0. The number of hydrogen-bond acceptors (Lipinski definition) is 5. The molecule has 0 aliphatic carbocycles. The van der Waals surface area contributed by atoms with E-state index in [4.69, 9.17) is 4.74 Å². The first kappa shape index (κ1) is 58.8. The molecule has 61 heavy (non-hydrogen) atoms. The number of ether oxygens (including phenoxy) is 1. The molecular formula is C55H101NO5. The molecule has 0 heterocycles. The van der Waals surface area contributed by atoms with Crippen LogP contribution in [0.25, 0.3) is 0 Å². The molecule has 0 spiro atoms. The standard InChI is InChI=1S/C55H101NO5/c1-4-7-10-13-16-19-22-25-27-28-30-33-36-39-42-45-48-55(60)61-51(46-43-40-37-34-31-24-21-18-15-12-9-6-3)49-54(59)56-52(50-57)53(58)47-44-41-38-35-32-29-26-23-20-17-14-11-8-5-2/h9,12,18,21,27-28,31,34,51-53,57-58H,4-8,10-11,13-17,19-20,22-26,29-30,32-33,35-50H2,1-3H3,(H,56,59)/b12-9+,21-18+,28-27+,34-31+. The third-order valence-electron chi connectivity index (χ3n) is 11.9. The smallest absolute Gasteiger partial charge is 0.306 e.